The molecule has 3 heterocycles. The lowest BCUT2D eigenvalue weighted by Crippen LogP contribution is -2.66. The Bertz CT molecular complexity index is 1090. The molecular formula is C23H25F2N5O2S. The zero-order valence-corrected chi connectivity index (χ0v) is 19.3. The van der Waals surface area contributed by atoms with Gasteiger partial charge < -0.3 is 9.80 Å². The Balaban J connectivity index is 1.61. The summed E-state index contributed by atoms with van der Waals surface area (Å²) in [5.41, 5.74) is 1.29. The van der Waals surface area contributed by atoms with Crippen LogP contribution in [-0.4, -0.2) is 50.9 Å². The number of amides is 1. The lowest BCUT2D eigenvalue weighted by molar-refractivity contribution is -0.149. The number of thiazole rings is 1. The molecule has 0 N–H and O–H groups in total. The van der Waals surface area contributed by atoms with Gasteiger partial charge in [-0.1, -0.05) is 11.6 Å². The molecule has 2 unspecified atom stereocenters. The van der Waals surface area contributed by atoms with E-state index in [2.05, 4.69) is 15.1 Å². The van der Waals surface area contributed by atoms with Gasteiger partial charge in [-0.15, -0.1) is 16.2 Å². The van der Waals surface area contributed by atoms with Crippen molar-refractivity contribution in [1.82, 2.24) is 19.7 Å². The summed E-state index contributed by atoms with van der Waals surface area (Å²) in [5, 5.41) is 5.76. The molecule has 10 heteroatoms. The summed E-state index contributed by atoms with van der Waals surface area (Å²) in [6, 6.07) is 3.50. The number of hydrogen-bond donors (Lipinski definition) is 0. The second-order valence-electron chi connectivity index (χ2n) is 8.39. The van der Waals surface area contributed by atoms with Crippen molar-refractivity contribution in [3.05, 3.63) is 80.6 Å². The predicted octanol–water partition coefficient (Wildman–Crippen LogP) is 4.24. The zero-order valence-electron chi connectivity index (χ0n) is 18.4. The molecule has 1 aromatic carbocycles. The highest BCUT2D eigenvalue weighted by atomic mass is 32.1. The van der Waals surface area contributed by atoms with Crippen molar-refractivity contribution in [3.8, 4) is 0 Å². The molecule has 0 bridgehead atoms. The molecule has 0 aliphatic carbocycles. The lowest BCUT2D eigenvalue weighted by atomic mass is 10.0. The standard InChI is InChI=1S/C23H25F2N5O2S/c1-15(9-17-3-4-18(24)10-19(17)25)12-29-14-22-28(13-21-26-6-8-33-21)7-5-16(2)30(22)23(31)20(29)11-27-32/h3-4,6,8,10-12,16,22H,5,7,9,13-14H2,1-2H3/b15-12+,20-11-. The number of nitrogens with zero attached hydrogens (tertiary/aromatic N) is 5. The minimum atomic E-state index is -0.631. The van der Waals surface area contributed by atoms with E-state index in [0.717, 1.165) is 35.8 Å². The smallest absolute Gasteiger partial charge is 0.273 e. The number of carbonyl (C=O) groups excluding carboxylic acids is 1. The molecule has 33 heavy (non-hydrogen) atoms. The number of rotatable bonds is 6. The van der Waals surface area contributed by atoms with Crippen molar-refractivity contribution in [1.29, 1.82) is 0 Å². The average Bonchev–Trinajstić information content (AvgIpc) is 3.28. The summed E-state index contributed by atoms with van der Waals surface area (Å²) in [5.74, 6) is -1.52. The molecule has 4 rings (SSSR count). The highest BCUT2D eigenvalue weighted by Crippen LogP contribution is 2.31. The number of fused-ring (bicyclic) bond motifs is 1. The molecule has 0 radical (unpaired) electrons. The van der Waals surface area contributed by atoms with Crippen LogP contribution in [0.3, 0.4) is 0 Å². The van der Waals surface area contributed by atoms with Crippen molar-refractivity contribution in [2.75, 3.05) is 13.1 Å². The van der Waals surface area contributed by atoms with Gasteiger partial charge in [-0.25, -0.2) is 13.8 Å². The van der Waals surface area contributed by atoms with E-state index in [1.807, 2.05) is 24.1 Å². The van der Waals surface area contributed by atoms with Gasteiger partial charge in [0.25, 0.3) is 5.91 Å². The third kappa shape index (κ3) is 5.01. The topological polar surface area (TPSA) is 69.1 Å². The minimum Gasteiger partial charge on any atom is -0.339 e. The number of benzene rings is 1. The van der Waals surface area contributed by atoms with Gasteiger partial charge in [0.2, 0.25) is 0 Å². The summed E-state index contributed by atoms with van der Waals surface area (Å²) < 4.78 is 27.4. The van der Waals surface area contributed by atoms with E-state index in [1.165, 1.54) is 12.1 Å². The third-order valence-corrected chi connectivity index (χ3v) is 6.80. The van der Waals surface area contributed by atoms with Crippen LogP contribution in [0, 0.1) is 16.5 Å². The molecule has 174 valence electrons. The van der Waals surface area contributed by atoms with Crippen LogP contribution in [0.1, 0.15) is 30.8 Å². The normalized spacial score (nSPS) is 23.2. The Hall–Kier alpha value is -2.98. The Morgan fingerprint density at radius 1 is 1.36 bits per heavy atom. The predicted molar refractivity (Wildman–Crippen MR) is 122 cm³/mol. The van der Waals surface area contributed by atoms with Crippen molar-refractivity contribution in [2.24, 2.45) is 5.18 Å². The molecular weight excluding hydrogens is 448 g/mol. The molecule has 0 saturated carbocycles. The molecule has 1 amide bonds. The quantitative estimate of drug-likeness (QED) is 0.464. The van der Waals surface area contributed by atoms with Crippen molar-refractivity contribution >= 4 is 17.2 Å². The van der Waals surface area contributed by atoms with E-state index in [0.29, 0.717) is 18.7 Å². The first-order valence-corrected chi connectivity index (χ1v) is 11.6. The van der Waals surface area contributed by atoms with Crippen LogP contribution in [-0.2, 0) is 17.8 Å². The molecule has 2 aromatic rings. The number of piperazine rings is 1. The monoisotopic (exact) mass is 473 g/mol. The lowest BCUT2D eigenvalue weighted by Gasteiger charge is -2.52. The summed E-state index contributed by atoms with van der Waals surface area (Å²) >= 11 is 1.57. The van der Waals surface area contributed by atoms with Crippen molar-refractivity contribution in [3.63, 3.8) is 0 Å². The van der Waals surface area contributed by atoms with Crippen molar-refractivity contribution < 1.29 is 13.6 Å². The molecule has 2 aliphatic rings. The van der Waals surface area contributed by atoms with E-state index in [-0.39, 0.29) is 30.2 Å². The Morgan fingerprint density at radius 3 is 2.88 bits per heavy atom. The average molecular weight is 474 g/mol. The SMILES string of the molecule is C/C(=C\N1CC2N(Cc3nccs3)CCC(C)N2C(=O)/C1=C/N=O)Cc1ccc(F)cc1F. The van der Waals surface area contributed by atoms with Crippen LogP contribution in [0.2, 0.25) is 0 Å². The number of allylic oxidation sites excluding steroid dienone is 1. The summed E-state index contributed by atoms with van der Waals surface area (Å²) in [6.45, 7) is 5.69. The maximum Gasteiger partial charge on any atom is 0.273 e. The van der Waals surface area contributed by atoms with Gasteiger partial charge >= 0.3 is 0 Å². The van der Waals surface area contributed by atoms with Gasteiger partial charge in [-0.05, 0) is 43.5 Å². The third-order valence-electron chi connectivity index (χ3n) is 6.03. The van der Waals surface area contributed by atoms with E-state index in [1.54, 1.807) is 28.6 Å². The zero-order chi connectivity index (χ0) is 23.5. The van der Waals surface area contributed by atoms with Gasteiger partial charge in [-0.3, -0.25) is 9.69 Å². The van der Waals surface area contributed by atoms with Crippen LogP contribution < -0.4 is 0 Å². The number of nitroso groups, excluding NO2 is 1. The first-order chi connectivity index (χ1) is 15.9. The van der Waals surface area contributed by atoms with Crippen LogP contribution in [0.5, 0.6) is 0 Å². The van der Waals surface area contributed by atoms with Gasteiger partial charge in [0.1, 0.15) is 34.7 Å². The molecule has 0 spiro atoms. The summed E-state index contributed by atoms with van der Waals surface area (Å²) in [4.78, 5) is 34.6. The molecule has 7 nitrogen and oxygen atoms in total. The van der Waals surface area contributed by atoms with E-state index in [9.17, 15) is 18.5 Å². The van der Waals surface area contributed by atoms with Crippen LogP contribution in [0.15, 0.2) is 58.6 Å². The first-order valence-electron chi connectivity index (χ1n) is 10.7. The highest BCUT2D eigenvalue weighted by molar-refractivity contribution is 7.09. The molecule has 2 fully saturated rings. The Labute approximate surface area is 195 Å². The minimum absolute atomic E-state index is 0.0191. The Morgan fingerprint density at radius 2 is 2.18 bits per heavy atom. The fourth-order valence-corrected chi connectivity index (χ4v) is 5.09. The van der Waals surface area contributed by atoms with Gasteiger partial charge in [0.05, 0.1) is 13.1 Å². The maximum absolute atomic E-state index is 14.1. The molecule has 2 saturated heterocycles. The first kappa shape index (κ1) is 23.2. The maximum atomic E-state index is 14.1. The Kier molecular flexibility index (Phi) is 6.94. The second kappa shape index (κ2) is 9.88. The molecule has 1 aromatic heterocycles. The second-order valence-corrected chi connectivity index (χ2v) is 9.37. The summed E-state index contributed by atoms with van der Waals surface area (Å²) in [6.07, 6.45) is 5.39. The van der Waals surface area contributed by atoms with Crippen LogP contribution in [0.25, 0.3) is 0 Å². The number of aromatic nitrogens is 1. The van der Waals surface area contributed by atoms with Gasteiger partial charge in [-0.2, -0.15) is 0 Å². The van der Waals surface area contributed by atoms with Crippen molar-refractivity contribution in [2.45, 2.75) is 45.4 Å². The van der Waals surface area contributed by atoms with E-state index < -0.39 is 11.6 Å². The largest absolute Gasteiger partial charge is 0.339 e. The highest BCUT2D eigenvalue weighted by Gasteiger charge is 2.44. The van der Waals surface area contributed by atoms with Crippen LogP contribution in [0.4, 0.5) is 8.78 Å². The number of hydrogen-bond acceptors (Lipinski definition) is 7. The fourth-order valence-electron chi connectivity index (χ4n) is 4.45. The summed E-state index contributed by atoms with van der Waals surface area (Å²) in [7, 11) is 0. The molecule has 2 atom stereocenters. The van der Waals surface area contributed by atoms with Gasteiger partial charge in [0, 0.05) is 36.4 Å². The van der Waals surface area contributed by atoms with E-state index in [4.69, 9.17) is 0 Å². The number of halogens is 2. The van der Waals surface area contributed by atoms with E-state index >= 15 is 0 Å². The van der Waals surface area contributed by atoms with Crippen LogP contribution >= 0.6 is 11.3 Å². The fraction of sp³-hybridized carbons (Fsp3) is 0.391. The van der Waals surface area contributed by atoms with Gasteiger partial charge in [0.15, 0.2) is 0 Å². The number of carbonyl (C=O) groups is 1. The molecule has 2 aliphatic heterocycles.